The first-order valence-corrected chi connectivity index (χ1v) is 4.74. The molecule has 2 nitrogen and oxygen atoms in total. The van der Waals surface area contributed by atoms with Gasteiger partial charge < -0.3 is 9.47 Å². The molecule has 1 aliphatic rings. The monoisotopic (exact) mass is 196 g/mol. The van der Waals surface area contributed by atoms with Crippen LogP contribution in [-0.2, 0) is 15.9 Å². The second kappa shape index (κ2) is 4.07. The maximum Gasteiger partial charge on any atom is 0.161 e. The van der Waals surface area contributed by atoms with Crippen molar-refractivity contribution in [1.29, 1.82) is 0 Å². The molecule has 0 N–H and O–H groups in total. The average Bonchev–Trinajstić information content (AvgIpc) is 2.64. The Labute approximate surface area is 82.6 Å². The molecular formula is C11H13FO2. The van der Waals surface area contributed by atoms with Crippen molar-refractivity contribution in [1.82, 2.24) is 0 Å². The number of ether oxygens (including phenoxy) is 2. The average molecular weight is 196 g/mol. The van der Waals surface area contributed by atoms with Gasteiger partial charge in [0.25, 0.3) is 0 Å². The largest absolute Gasteiger partial charge is 0.350 e. The highest BCUT2D eigenvalue weighted by molar-refractivity contribution is 5.26. The fourth-order valence-corrected chi connectivity index (χ4v) is 1.56. The second-order valence-electron chi connectivity index (χ2n) is 3.45. The maximum absolute atomic E-state index is 12.9. The third-order valence-corrected chi connectivity index (χ3v) is 2.39. The predicted molar refractivity (Wildman–Crippen MR) is 50.5 cm³/mol. The van der Waals surface area contributed by atoms with Crippen molar-refractivity contribution < 1.29 is 13.9 Å². The van der Waals surface area contributed by atoms with Gasteiger partial charge in [0.2, 0.25) is 0 Å². The summed E-state index contributed by atoms with van der Waals surface area (Å²) >= 11 is 0. The van der Waals surface area contributed by atoms with E-state index in [2.05, 4.69) is 0 Å². The first-order chi connectivity index (χ1) is 6.75. The predicted octanol–water partition coefficient (Wildman–Crippen LogP) is 2.05. The van der Waals surface area contributed by atoms with Gasteiger partial charge in [0.15, 0.2) is 6.29 Å². The van der Waals surface area contributed by atoms with Crippen molar-refractivity contribution in [2.45, 2.75) is 19.6 Å². The first kappa shape index (κ1) is 9.62. The summed E-state index contributed by atoms with van der Waals surface area (Å²) in [6, 6.07) is 4.79. The Bertz CT molecular complexity index is 319. The molecule has 0 atom stereocenters. The number of benzene rings is 1. The number of hydrogen-bond donors (Lipinski definition) is 0. The molecule has 76 valence electrons. The van der Waals surface area contributed by atoms with Crippen molar-refractivity contribution in [3.63, 3.8) is 0 Å². The molecule has 0 unspecified atom stereocenters. The smallest absolute Gasteiger partial charge is 0.161 e. The van der Waals surface area contributed by atoms with E-state index in [1.807, 2.05) is 6.92 Å². The van der Waals surface area contributed by atoms with Gasteiger partial charge in [0.1, 0.15) is 5.82 Å². The Morgan fingerprint density at radius 1 is 1.36 bits per heavy atom. The zero-order valence-electron chi connectivity index (χ0n) is 8.13. The zero-order chi connectivity index (χ0) is 9.97. The summed E-state index contributed by atoms with van der Waals surface area (Å²) in [4.78, 5) is 0. The van der Waals surface area contributed by atoms with E-state index in [0.717, 1.165) is 11.1 Å². The van der Waals surface area contributed by atoms with Crippen molar-refractivity contribution in [3.05, 3.63) is 35.1 Å². The van der Waals surface area contributed by atoms with Gasteiger partial charge in [-0.15, -0.1) is 0 Å². The van der Waals surface area contributed by atoms with Crippen LogP contribution in [0.2, 0.25) is 0 Å². The van der Waals surface area contributed by atoms with Gasteiger partial charge in [-0.2, -0.15) is 0 Å². The van der Waals surface area contributed by atoms with Crippen molar-refractivity contribution in [2.75, 3.05) is 13.2 Å². The Balaban J connectivity index is 2.10. The van der Waals surface area contributed by atoms with Crippen LogP contribution in [0, 0.1) is 12.7 Å². The summed E-state index contributed by atoms with van der Waals surface area (Å²) < 4.78 is 23.6. The SMILES string of the molecule is Cc1ccc(F)cc1CC1OCCO1. The minimum absolute atomic E-state index is 0.199. The highest BCUT2D eigenvalue weighted by Gasteiger charge is 2.17. The molecule has 0 saturated carbocycles. The molecule has 1 aromatic rings. The fraction of sp³-hybridized carbons (Fsp3) is 0.455. The lowest BCUT2D eigenvalue weighted by atomic mass is 10.1. The molecule has 1 aliphatic heterocycles. The van der Waals surface area contributed by atoms with Crippen LogP contribution < -0.4 is 0 Å². The second-order valence-corrected chi connectivity index (χ2v) is 3.45. The third-order valence-electron chi connectivity index (χ3n) is 2.39. The van der Waals surface area contributed by atoms with E-state index in [1.165, 1.54) is 6.07 Å². The van der Waals surface area contributed by atoms with Gasteiger partial charge in [-0.05, 0) is 30.2 Å². The van der Waals surface area contributed by atoms with Gasteiger partial charge >= 0.3 is 0 Å². The third kappa shape index (κ3) is 2.11. The standard InChI is InChI=1S/C11H13FO2/c1-8-2-3-10(12)6-9(8)7-11-13-4-5-14-11/h2-3,6,11H,4-5,7H2,1H3. The van der Waals surface area contributed by atoms with E-state index < -0.39 is 0 Å². The molecule has 0 amide bonds. The molecular weight excluding hydrogens is 183 g/mol. The molecule has 1 saturated heterocycles. The minimum atomic E-state index is -0.205. The fourth-order valence-electron chi connectivity index (χ4n) is 1.56. The van der Waals surface area contributed by atoms with Crippen LogP contribution in [0.15, 0.2) is 18.2 Å². The molecule has 0 aliphatic carbocycles. The van der Waals surface area contributed by atoms with Gasteiger partial charge in [-0.1, -0.05) is 6.07 Å². The Morgan fingerprint density at radius 2 is 2.07 bits per heavy atom. The van der Waals surface area contributed by atoms with Crippen LogP contribution in [0.3, 0.4) is 0 Å². The summed E-state index contributed by atoms with van der Waals surface area (Å²) in [6.45, 7) is 3.24. The van der Waals surface area contributed by atoms with Crippen molar-refractivity contribution in [3.8, 4) is 0 Å². The molecule has 1 heterocycles. The van der Waals surface area contributed by atoms with Crippen molar-refractivity contribution in [2.24, 2.45) is 0 Å². The van der Waals surface area contributed by atoms with Crippen LogP contribution in [-0.4, -0.2) is 19.5 Å². The summed E-state index contributed by atoms with van der Waals surface area (Å²) in [7, 11) is 0. The first-order valence-electron chi connectivity index (χ1n) is 4.74. The molecule has 2 rings (SSSR count). The van der Waals surface area contributed by atoms with E-state index in [-0.39, 0.29) is 12.1 Å². The van der Waals surface area contributed by atoms with E-state index in [4.69, 9.17) is 9.47 Å². The van der Waals surface area contributed by atoms with Crippen LogP contribution in [0.1, 0.15) is 11.1 Å². The van der Waals surface area contributed by atoms with Crippen LogP contribution in [0.25, 0.3) is 0 Å². The molecule has 0 bridgehead atoms. The summed E-state index contributed by atoms with van der Waals surface area (Å²) in [5.41, 5.74) is 2.03. The summed E-state index contributed by atoms with van der Waals surface area (Å²) in [6.07, 6.45) is 0.430. The minimum Gasteiger partial charge on any atom is -0.350 e. The lowest BCUT2D eigenvalue weighted by Crippen LogP contribution is -2.12. The highest BCUT2D eigenvalue weighted by atomic mass is 19.1. The summed E-state index contributed by atoms with van der Waals surface area (Å²) in [5, 5.41) is 0. The molecule has 0 aromatic heterocycles. The lowest BCUT2D eigenvalue weighted by molar-refractivity contribution is -0.0401. The number of hydrogen-bond acceptors (Lipinski definition) is 2. The summed E-state index contributed by atoms with van der Waals surface area (Å²) in [5.74, 6) is -0.205. The molecule has 14 heavy (non-hydrogen) atoms. The van der Waals surface area contributed by atoms with Gasteiger partial charge in [-0.25, -0.2) is 4.39 Å². The quantitative estimate of drug-likeness (QED) is 0.720. The Kier molecular flexibility index (Phi) is 2.79. The number of rotatable bonds is 2. The zero-order valence-corrected chi connectivity index (χ0v) is 8.13. The Hall–Kier alpha value is -0.930. The maximum atomic E-state index is 12.9. The topological polar surface area (TPSA) is 18.5 Å². The Morgan fingerprint density at radius 3 is 2.79 bits per heavy atom. The van der Waals surface area contributed by atoms with Crippen LogP contribution in [0.4, 0.5) is 4.39 Å². The number of aryl methyl sites for hydroxylation is 1. The van der Waals surface area contributed by atoms with Crippen LogP contribution in [0.5, 0.6) is 0 Å². The van der Waals surface area contributed by atoms with Gasteiger partial charge in [0, 0.05) is 6.42 Å². The van der Waals surface area contributed by atoms with Gasteiger partial charge in [-0.3, -0.25) is 0 Å². The molecule has 3 heteroatoms. The molecule has 1 aromatic carbocycles. The van der Waals surface area contributed by atoms with E-state index in [9.17, 15) is 4.39 Å². The molecule has 1 fully saturated rings. The van der Waals surface area contributed by atoms with E-state index in [0.29, 0.717) is 19.6 Å². The van der Waals surface area contributed by atoms with E-state index in [1.54, 1.807) is 12.1 Å². The number of halogens is 1. The van der Waals surface area contributed by atoms with Crippen LogP contribution >= 0.6 is 0 Å². The highest BCUT2D eigenvalue weighted by Crippen LogP contribution is 2.16. The normalized spacial score (nSPS) is 17.6. The lowest BCUT2D eigenvalue weighted by Gasteiger charge is -2.10. The van der Waals surface area contributed by atoms with Gasteiger partial charge in [0.05, 0.1) is 13.2 Å². The van der Waals surface area contributed by atoms with Crippen molar-refractivity contribution >= 4 is 0 Å². The molecule has 0 radical (unpaired) electrons. The van der Waals surface area contributed by atoms with E-state index >= 15 is 0 Å². The molecule has 0 spiro atoms.